The van der Waals surface area contributed by atoms with E-state index in [9.17, 15) is 0 Å². The van der Waals surface area contributed by atoms with Crippen molar-refractivity contribution in [3.05, 3.63) is 10.6 Å². The monoisotopic (exact) mass is 222 g/mol. The summed E-state index contributed by atoms with van der Waals surface area (Å²) < 4.78 is 0. The number of halogens is 2. The van der Waals surface area contributed by atoms with Crippen molar-refractivity contribution >= 4 is 23.2 Å². The van der Waals surface area contributed by atoms with E-state index in [2.05, 4.69) is 11.8 Å². The molecule has 0 bridgehead atoms. The highest BCUT2D eigenvalue weighted by molar-refractivity contribution is 6.36. The number of hydrogen-bond acceptors (Lipinski definition) is 2. The predicted octanol–water partition coefficient (Wildman–Crippen LogP) is 1.97. The lowest BCUT2D eigenvalue weighted by molar-refractivity contribution is 0.291. The number of hydrogen-bond donors (Lipinski definition) is 1. The van der Waals surface area contributed by atoms with Gasteiger partial charge in [0.2, 0.25) is 0 Å². The van der Waals surface area contributed by atoms with Gasteiger partial charge < -0.3 is 5.73 Å². The van der Waals surface area contributed by atoms with Crippen LogP contribution < -0.4 is 5.73 Å². The van der Waals surface area contributed by atoms with Gasteiger partial charge in [-0.1, -0.05) is 23.2 Å². The number of rotatable bonds is 3. The van der Waals surface area contributed by atoms with Gasteiger partial charge in [-0.05, 0) is 25.8 Å². The Kier molecular flexibility index (Phi) is 4.53. The van der Waals surface area contributed by atoms with Crippen molar-refractivity contribution in [3.8, 4) is 0 Å². The van der Waals surface area contributed by atoms with Crippen LogP contribution in [0.2, 0.25) is 0 Å². The van der Waals surface area contributed by atoms with Crippen molar-refractivity contribution in [1.82, 2.24) is 4.90 Å². The van der Waals surface area contributed by atoms with Crippen LogP contribution in [0.25, 0.3) is 0 Å². The zero-order valence-corrected chi connectivity index (χ0v) is 9.35. The molecule has 2 nitrogen and oxygen atoms in total. The minimum Gasteiger partial charge on any atom is -0.330 e. The average Bonchev–Trinajstić information content (AvgIpc) is 2.47. The van der Waals surface area contributed by atoms with E-state index in [0.29, 0.717) is 17.0 Å². The Morgan fingerprint density at radius 1 is 1.69 bits per heavy atom. The van der Waals surface area contributed by atoms with Crippen molar-refractivity contribution in [3.63, 3.8) is 0 Å². The first kappa shape index (κ1) is 11.3. The molecule has 2 N–H and O–H groups in total. The quantitative estimate of drug-likeness (QED) is 0.792. The van der Waals surface area contributed by atoms with Crippen molar-refractivity contribution in [2.75, 3.05) is 19.6 Å². The van der Waals surface area contributed by atoms with E-state index in [4.69, 9.17) is 28.9 Å². The van der Waals surface area contributed by atoms with Crippen LogP contribution in [0, 0.1) is 5.92 Å². The van der Waals surface area contributed by atoms with Gasteiger partial charge in [-0.2, -0.15) is 0 Å². The zero-order valence-electron chi connectivity index (χ0n) is 7.84. The van der Waals surface area contributed by atoms with Crippen molar-refractivity contribution < 1.29 is 0 Å². The van der Waals surface area contributed by atoms with Crippen LogP contribution in [0.3, 0.4) is 0 Å². The molecule has 1 rings (SSSR count). The maximum atomic E-state index is 5.86. The molecule has 2 unspecified atom stereocenters. The summed E-state index contributed by atoms with van der Waals surface area (Å²) >= 11 is 11.4. The highest BCUT2D eigenvalue weighted by Gasteiger charge is 2.27. The van der Waals surface area contributed by atoms with Crippen molar-refractivity contribution in [2.45, 2.75) is 19.4 Å². The first-order valence-electron chi connectivity index (χ1n) is 4.56. The second-order valence-corrected chi connectivity index (χ2v) is 4.38. The summed E-state index contributed by atoms with van der Waals surface area (Å²) in [6.07, 6.45) is 1.17. The second kappa shape index (κ2) is 5.20. The lowest BCUT2D eigenvalue weighted by Crippen LogP contribution is -2.29. The smallest absolute Gasteiger partial charge is 0.0434 e. The van der Waals surface area contributed by atoms with Crippen LogP contribution >= 0.6 is 23.2 Å². The Morgan fingerprint density at radius 2 is 2.38 bits per heavy atom. The van der Waals surface area contributed by atoms with Gasteiger partial charge >= 0.3 is 0 Å². The fraction of sp³-hybridized carbons (Fsp3) is 0.778. The lowest BCUT2D eigenvalue weighted by Gasteiger charge is -2.19. The molecule has 0 radical (unpaired) electrons. The summed E-state index contributed by atoms with van der Waals surface area (Å²) in [6, 6.07) is 0.568. The normalized spacial score (nSPS) is 31.2. The Morgan fingerprint density at radius 3 is 2.85 bits per heavy atom. The van der Waals surface area contributed by atoms with Gasteiger partial charge in [0.1, 0.15) is 0 Å². The third-order valence-electron chi connectivity index (χ3n) is 2.60. The van der Waals surface area contributed by atoms with E-state index in [1.807, 2.05) is 0 Å². The van der Waals surface area contributed by atoms with Gasteiger partial charge in [0, 0.05) is 29.7 Å². The summed E-state index contributed by atoms with van der Waals surface area (Å²) in [4.78, 5) is 2.32. The Hall–Kier alpha value is 0.240. The molecular formula is C9H16Cl2N2. The summed E-state index contributed by atoms with van der Waals surface area (Å²) in [5, 5.41) is 0.700. The molecule has 2 atom stereocenters. The summed E-state index contributed by atoms with van der Waals surface area (Å²) in [6.45, 7) is 4.76. The molecule has 1 aliphatic rings. The molecule has 76 valence electrons. The van der Waals surface area contributed by atoms with Gasteiger partial charge in [0.05, 0.1) is 0 Å². The molecule has 0 aromatic heterocycles. The predicted molar refractivity (Wildman–Crippen MR) is 58.0 cm³/mol. The Bertz CT molecular complexity index is 194. The molecule has 13 heavy (non-hydrogen) atoms. The average molecular weight is 223 g/mol. The molecule has 4 heteroatoms. The van der Waals surface area contributed by atoms with Crippen LogP contribution in [-0.4, -0.2) is 30.6 Å². The van der Waals surface area contributed by atoms with E-state index in [-0.39, 0.29) is 0 Å². The summed E-state index contributed by atoms with van der Waals surface area (Å²) in [7, 11) is 0. The number of nitrogens with zero attached hydrogens (tertiary/aromatic N) is 1. The Balaban J connectivity index is 2.43. The molecule has 1 heterocycles. The van der Waals surface area contributed by atoms with E-state index in [1.54, 1.807) is 0 Å². The van der Waals surface area contributed by atoms with Crippen LogP contribution in [0.15, 0.2) is 10.6 Å². The van der Waals surface area contributed by atoms with Gasteiger partial charge in [-0.3, -0.25) is 4.90 Å². The molecule has 1 fully saturated rings. The molecule has 0 saturated carbocycles. The standard InChI is InChI=1S/C9H16Cl2N2/c1-7-2-8(4-12)5-13(7)6-9(11)3-10/h3,7-8H,2,4-6,12H2,1H3. The van der Waals surface area contributed by atoms with Crippen LogP contribution in [0.1, 0.15) is 13.3 Å². The second-order valence-electron chi connectivity index (χ2n) is 3.67. The first-order valence-corrected chi connectivity index (χ1v) is 5.37. The van der Waals surface area contributed by atoms with Crippen LogP contribution in [0.5, 0.6) is 0 Å². The minimum absolute atomic E-state index is 0.568. The van der Waals surface area contributed by atoms with Gasteiger partial charge in [0.25, 0.3) is 0 Å². The molecule has 0 spiro atoms. The van der Waals surface area contributed by atoms with Crippen molar-refractivity contribution in [2.24, 2.45) is 11.7 Å². The maximum absolute atomic E-state index is 5.86. The van der Waals surface area contributed by atoms with E-state index in [1.165, 1.54) is 12.0 Å². The van der Waals surface area contributed by atoms with Gasteiger partial charge in [-0.15, -0.1) is 0 Å². The molecular weight excluding hydrogens is 207 g/mol. The summed E-state index contributed by atoms with van der Waals surface area (Å²) in [5.74, 6) is 0.620. The number of nitrogens with two attached hydrogens (primary N) is 1. The number of likely N-dealkylation sites (tertiary alicyclic amines) is 1. The van der Waals surface area contributed by atoms with E-state index < -0.39 is 0 Å². The largest absolute Gasteiger partial charge is 0.330 e. The highest BCUT2D eigenvalue weighted by Crippen LogP contribution is 2.23. The third kappa shape index (κ3) is 3.13. The molecule has 1 aliphatic heterocycles. The highest BCUT2D eigenvalue weighted by atomic mass is 35.5. The third-order valence-corrected chi connectivity index (χ3v) is 3.20. The molecule has 1 saturated heterocycles. The molecule has 0 aromatic rings. The maximum Gasteiger partial charge on any atom is 0.0434 e. The lowest BCUT2D eigenvalue weighted by atomic mass is 10.1. The van der Waals surface area contributed by atoms with Crippen molar-refractivity contribution in [1.29, 1.82) is 0 Å². The molecule has 0 aliphatic carbocycles. The topological polar surface area (TPSA) is 29.3 Å². The summed E-state index contributed by atoms with van der Waals surface area (Å²) in [5.41, 5.74) is 7.06. The van der Waals surface area contributed by atoms with Gasteiger partial charge in [0.15, 0.2) is 0 Å². The fourth-order valence-corrected chi connectivity index (χ4v) is 2.06. The fourth-order valence-electron chi connectivity index (χ4n) is 1.84. The molecule has 0 amide bonds. The van der Waals surface area contributed by atoms with E-state index in [0.717, 1.165) is 19.6 Å². The van der Waals surface area contributed by atoms with Gasteiger partial charge in [-0.25, -0.2) is 0 Å². The minimum atomic E-state index is 0.568. The zero-order chi connectivity index (χ0) is 9.84. The SMILES string of the molecule is CC1CC(CN)CN1CC(Cl)=CCl. The van der Waals surface area contributed by atoms with E-state index >= 15 is 0 Å². The van der Waals surface area contributed by atoms with Crippen LogP contribution in [0.4, 0.5) is 0 Å². The molecule has 0 aromatic carbocycles. The Labute approximate surface area is 89.7 Å². The first-order chi connectivity index (χ1) is 6.17. The van der Waals surface area contributed by atoms with Crippen LogP contribution in [-0.2, 0) is 0 Å².